The summed E-state index contributed by atoms with van der Waals surface area (Å²) in [5.41, 5.74) is 0. The Morgan fingerprint density at radius 2 is 2.19 bits per heavy atom. The smallest absolute Gasteiger partial charge is 0.232 e. The number of nitriles is 1. The molecule has 9 heteroatoms. The quantitative estimate of drug-likeness (QED) is 0.713. The van der Waals surface area contributed by atoms with Crippen LogP contribution in [0.3, 0.4) is 0 Å². The number of carbonyl (C=O) groups is 1. The van der Waals surface area contributed by atoms with E-state index in [0.717, 1.165) is 0 Å². The lowest BCUT2D eigenvalue weighted by molar-refractivity contribution is -0.127. The van der Waals surface area contributed by atoms with Gasteiger partial charge in [-0.05, 0) is 12.1 Å². The average molecular weight is 373 g/mol. The Morgan fingerprint density at radius 3 is 2.96 bits per heavy atom. The van der Waals surface area contributed by atoms with Crippen molar-refractivity contribution in [1.82, 2.24) is 19.7 Å². The van der Waals surface area contributed by atoms with Gasteiger partial charge in [-0.2, -0.15) is 5.26 Å². The van der Waals surface area contributed by atoms with Gasteiger partial charge in [-0.25, -0.2) is 0 Å². The van der Waals surface area contributed by atoms with E-state index in [0.29, 0.717) is 42.1 Å². The molecule has 26 heavy (non-hydrogen) atoms. The van der Waals surface area contributed by atoms with E-state index in [4.69, 9.17) is 14.7 Å². The summed E-state index contributed by atoms with van der Waals surface area (Å²) in [6.45, 7) is 0.774. The first-order valence-corrected chi connectivity index (χ1v) is 9.10. The Hall–Kier alpha value is -2.73. The van der Waals surface area contributed by atoms with Gasteiger partial charge >= 0.3 is 0 Å². The lowest BCUT2D eigenvalue weighted by atomic mass is 10.2. The van der Waals surface area contributed by atoms with Gasteiger partial charge in [0, 0.05) is 20.6 Å². The summed E-state index contributed by atoms with van der Waals surface area (Å²) in [6, 6.07) is 9.52. The molecule has 0 saturated heterocycles. The van der Waals surface area contributed by atoms with Gasteiger partial charge in [0.1, 0.15) is 6.61 Å². The third kappa shape index (κ3) is 3.91. The van der Waals surface area contributed by atoms with Crippen LogP contribution in [0.2, 0.25) is 0 Å². The second-order valence-corrected chi connectivity index (χ2v) is 6.72. The fraction of sp³-hybridized carbons (Fsp3) is 0.412. The zero-order valence-electron chi connectivity index (χ0n) is 14.6. The highest BCUT2D eigenvalue weighted by Gasteiger charge is 2.27. The van der Waals surface area contributed by atoms with E-state index in [1.165, 1.54) is 11.8 Å². The Balaban J connectivity index is 1.62. The predicted octanol–water partition coefficient (Wildman–Crippen LogP) is 1.79. The molecule has 0 radical (unpaired) electrons. The molecule has 0 fully saturated rings. The van der Waals surface area contributed by atoms with Gasteiger partial charge < -0.3 is 18.9 Å². The van der Waals surface area contributed by atoms with Crippen LogP contribution in [0.4, 0.5) is 0 Å². The van der Waals surface area contributed by atoms with Crippen LogP contribution in [-0.4, -0.2) is 51.5 Å². The number of fused-ring (bicyclic) bond motifs is 1. The first kappa shape index (κ1) is 18.1. The van der Waals surface area contributed by atoms with Gasteiger partial charge in [0.2, 0.25) is 5.91 Å². The standard InChI is InChI=1S/C17H19N5O3S/c1-21(9-5-8-18)15(23)11-26-17-20-19-16(22(17)2)14-10-24-12-6-3-4-7-13(12)25-14/h3-4,6-7,14H,5,9-11H2,1-2H3. The second kappa shape index (κ2) is 8.10. The maximum atomic E-state index is 12.1. The monoisotopic (exact) mass is 373 g/mol. The number of ether oxygens (including phenoxy) is 2. The molecule has 1 aliphatic heterocycles. The molecule has 1 aromatic heterocycles. The van der Waals surface area contributed by atoms with Crippen LogP contribution < -0.4 is 9.47 Å². The molecule has 1 aliphatic rings. The van der Waals surface area contributed by atoms with E-state index in [1.807, 2.05) is 41.9 Å². The van der Waals surface area contributed by atoms with Crippen LogP contribution >= 0.6 is 11.8 Å². The number of hydrogen-bond acceptors (Lipinski definition) is 7. The molecule has 3 rings (SSSR count). The zero-order chi connectivity index (χ0) is 18.5. The second-order valence-electron chi connectivity index (χ2n) is 5.78. The first-order chi connectivity index (χ1) is 12.6. The van der Waals surface area contributed by atoms with Crippen LogP contribution in [0.5, 0.6) is 11.5 Å². The van der Waals surface area contributed by atoms with Crippen molar-refractivity contribution in [2.24, 2.45) is 7.05 Å². The molecule has 0 aliphatic carbocycles. The molecule has 1 unspecified atom stereocenters. The Labute approximate surface area is 155 Å². The highest BCUT2D eigenvalue weighted by Crippen LogP contribution is 2.35. The van der Waals surface area contributed by atoms with Crippen LogP contribution in [0.15, 0.2) is 29.4 Å². The maximum absolute atomic E-state index is 12.1. The Bertz CT molecular complexity index is 832. The molecule has 1 amide bonds. The molecule has 0 bridgehead atoms. The summed E-state index contributed by atoms with van der Waals surface area (Å²) in [5, 5.41) is 17.6. The minimum Gasteiger partial charge on any atom is -0.485 e. The number of hydrogen-bond donors (Lipinski definition) is 0. The summed E-state index contributed by atoms with van der Waals surface area (Å²) >= 11 is 1.31. The summed E-state index contributed by atoms with van der Waals surface area (Å²) in [4.78, 5) is 13.6. The predicted molar refractivity (Wildman–Crippen MR) is 94.9 cm³/mol. The van der Waals surface area contributed by atoms with Crippen molar-refractivity contribution in [2.75, 3.05) is 26.0 Å². The van der Waals surface area contributed by atoms with Crippen molar-refractivity contribution in [2.45, 2.75) is 17.7 Å². The molecule has 1 atom stereocenters. The van der Waals surface area contributed by atoms with Crippen molar-refractivity contribution < 1.29 is 14.3 Å². The highest BCUT2D eigenvalue weighted by molar-refractivity contribution is 7.99. The molecule has 8 nitrogen and oxygen atoms in total. The molecule has 136 valence electrons. The number of aromatic nitrogens is 3. The molecule has 0 N–H and O–H groups in total. The molecule has 0 spiro atoms. The third-order valence-electron chi connectivity index (χ3n) is 3.97. The van der Waals surface area contributed by atoms with Crippen molar-refractivity contribution in [3.8, 4) is 17.6 Å². The molecule has 0 saturated carbocycles. The highest BCUT2D eigenvalue weighted by atomic mass is 32.2. The summed E-state index contributed by atoms with van der Waals surface area (Å²) in [6.07, 6.45) is -0.0348. The zero-order valence-corrected chi connectivity index (χ0v) is 15.4. The third-order valence-corrected chi connectivity index (χ3v) is 4.98. The first-order valence-electron chi connectivity index (χ1n) is 8.11. The SMILES string of the molecule is CN(CCC#N)C(=O)CSc1nnc(C2COc3ccccc3O2)n1C. The van der Waals surface area contributed by atoms with E-state index < -0.39 is 0 Å². The number of amides is 1. The largest absolute Gasteiger partial charge is 0.485 e. The van der Waals surface area contributed by atoms with Gasteiger partial charge in [0.15, 0.2) is 28.6 Å². The number of nitrogens with zero attached hydrogens (tertiary/aromatic N) is 5. The summed E-state index contributed by atoms with van der Waals surface area (Å²) in [5.74, 6) is 2.22. The minimum atomic E-state index is -0.356. The van der Waals surface area contributed by atoms with E-state index in [9.17, 15) is 4.79 Å². The van der Waals surface area contributed by atoms with Gasteiger partial charge in [0.05, 0.1) is 18.2 Å². The van der Waals surface area contributed by atoms with E-state index in [-0.39, 0.29) is 17.8 Å². The lowest BCUT2D eigenvalue weighted by Gasteiger charge is -2.25. The summed E-state index contributed by atoms with van der Waals surface area (Å²) < 4.78 is 13.5. The fourth-order valence-corrected chi connectivity index (χ4v) is 3.32. The number of thioether (sulfide) groups is 1. The Kier molecular flexibility index (Phi) is 5.63. The van der Waals surface area contributed by atoms with Gasteiger partial charge in [-0.3, -0.25) is 4.79 Å². The number of para-hydroxylation sites is 2. The van der Waals surface area contributed by atoms with E-state index in [1.54, 1.807) is 11.9 Å². The fourth-order valence-electron chi connectivity index (χ4n) is 2.46. The molecule has 2 aromatic rings. The van der Waals surface area contributed by atoms with Crippen molar-refractivity contribution in [1.29, 1.82) is 5.26 Å². The number of rotatable bonds is 6. The van der Waals surface area contributed by atoms with Gasteiger partial charge in [0.25, 0.3) is 0 Å². The van der Waals surface area contributed by atoms with Crippen LogP contribution in [0.1, 0.15) is 18.3 Å². The molecule has 1 aromatic carbocycles. The minimum absolute atomic E-state index is 0.0547. The van der Waals surface area contributed by atoms with Gasteiger partial charge in [-0.15, -0.1) is 10.2 Å². The molecular formula is C17H19N5O3S. The number of carbonyl (C=O) groups excluding carboxylic acids is 1. The van der Waals surface area contributed by atoms with E-state index in [2.05, 4.69) is 10.2 Å². The van der Waals surface area contributed by atoms with Crippen molar-refractivity contribution in [3.63, 3.8) is 0 Å². The number of benzene rings is 1. The average Bonchev–Trinajstić information content (AvgIpc) is 3.04. The summed E-state index contributed by atoms with van der Waals surface area (Å²) in [7, 11) is 3.53. The van der Waals surface area contributed by atoms with Crippen LogP contribution in [-0.2, 0) is 11.8 Å². The molecular weight excluding hydrogens is 354 g/mol. The van der Waals surface area contributed by atoms with Gasteiger partial charge in [-0.1, -0.05) is 23.9 Å². The van der Waals surface area contributed by atoms with Crippen LogP contribution in [0.25, 0.3) is 0 Å². The van der Waals surface area contributed by atoms with Crippen molar-refractivity contribution >= 4 is 17.7 Å². The van der Waals surface area contributed by atoms with Crippen molar-refractivity contribution in [3.05, 3.63) is 30.1 Å². The topological polar surface area (TPSA) is 93.3 Å². The van der Waals surface area contributed by atoms with E-state index >= 15 is 0 Å². The Morgan fingerprint density at radius 1 is 1.42 bits per heavy atom. The molecule has 2 heterocycles. The maximum Gasteiger partial charge on any atom is 0.232 e. The normalized spacial score (nSPS) is 15.3. The van der Waals surface area contributed by atoms with Crippen LogP contribution in [0, 0.1) is 11.3 Å². The lowest BCUT2D eigenvalue weighted by Crippen LogP contribution is -2.29.